The number of para-hydroxylation sites is 2. The molecule has 0 amide bonds. The molecule has 3 rings (SSSR count). The second-order valence-corrected chi connectivity index (χ2v) is 5.91. The van der Waals surface area contributed by atoms with E-state index in [4.69, 9.17) is 4.74 Å². The number of ether oxygens (including phenoxy) is 1. The number of halogens is 1. The molecule has 1 aromatic heterocycles. The normalized spacial score (nSPS) is 11.0. The first-order chi connectivity index (χ1) is 11.2. The summed E-state index contributed by atoms with van der Waals surface area (Å²) in [7, 11) is 1.61. The van der Waals surface area contributed by atoms with E-state index in [9.17, 15) is 9.18 Å². The summed E-state index contributed by atoms with van der Waals surface area (Å²) in [5.41, 5.74) is 0.529. The van der Waals surface area contributed by atoms with Gasteiger partial charge >= 0.3 is 0 Å². The number of rotatable bonds is 5. The molecule has 3 aromatic rings. The monoisotopic (exact) mass is 330 g/mol. The molecular formula is C17H15FN2O2S. The van der Waals surface area contributed by atoms with Gasteiger partial charge in [0.15, 0.2) is 5.16 Å². The van der Waals surface area contributed by atoms with E-state index in [0.29, 0.717) is 28.4 Å². The summed E-state index contributed by atoms with van der Waals surface area (Å²) >= 11 is 1.36. The summed E-state index contributed by atoms with van der Waals surface area (Å²) in [6.45, 7) is 0.518. The summed E-state index contributed by atoms with van der Waals surface area (Å²) in [6, 6.07) is 13.3. The molecule has 0 N–H and O–H groups in total. The van der Waals surface area contributed by atoms with Crippen LogP contribution in [-0.2, 0) is 4.74 Å². The number of hydrogen-bond acceptors (Lipinski definition) is 4. The molecule has 0 aliphatic heterocycles. The number of aromatic nitrogens is 2. The van der Waals surface area contributed by atoms with Crippen molar-refractivity contribution in [1.29, 1.82) is 0 Å². The van der Waals surface area contributed by atoms with Crippen molar-refractivity contribution in [2.45, 2.75) is 5.16 Å². The Morgan fingerprint density at radius 1 is 1.17 bits per heavy atom. The molecule has 0 fully saturated rings. The van der Waals surface area contributed by atoms with Gasteiger partial charge in [-0.05, 0) is 24.3 Å². The van der Waals surface area contributed by atoms with Crippen LogP contribution in [0.5, 0.6) is 0 Å². The third kappa shape index (κ3) is 3.13. The van der Waals surface area contributed by atoms with Gasteiger partial charge in [-0.25, -0.2) is 9.37 Å². The van der Waals surface area contributed by atoms with Crippen molar-refractivity contribution in [3.8, 4) is 5.69 Å². The van der Waals surface area contributed by atoms with Crippen LogP contribution in [0.2, 0.25) is 0 Å². The van der Waals surface area contributed by atoms with Crippen molar-refractivity contribution in [2.24, 2.45) is 0 Å². The summed E-state index contributed by atoms with van der Waals surface area (Å²) in [4.78, 5) is 17.4. The van der Waals surface area contributed by atoms with E-state index in [1.54, 1.807) is 43.5 Å². The van der Waals surface area contributed by atoms with Gasteiger partial charge in [0.1, 0.15) is 5.82 Å². The van der Waals surface area contributed by atoms with Gasteiger partial charge < -0.3 is 4.74 Å². The Kier molecular flexibility index (Phi) is 4.73. The minimum atomic E-state index is -0.458. The zero-order valence-electron chi connectivity index (χ0n) is 12.5. The molecule has 6 heteroatoms. The van der Waals surface area contributed by atoms with E-state index in [2.05, 4.69) is 4.98 Å². The molecule has 0 spiro atoms. The number of benzene rings is 2. The predicted octanol–water partition coefficient (Wildman–Crippen LogP) is 3.26. The smallest absolute Gasteiger partial charge is 0.266 e. The number of fused-ring (bicyclic) bond motifs is 1. The maximum absolute atomic E-state index is 14.2. The van der Waals surface area contributed by atoms with Gasteiger partial charge in [0.05, 0.1) is 23.2 Å². The van der Waals surface area contributed by atoms with Crippen molar-refractivity contribution in [3.05, 3.63) is 64.7 Å². The molecule has 0 saturated carbocycles. The minimum Gasteiger partial charge on any atom is -0.384 e. The molecule has 0 unspecified atom stereocenters. The number of methoxy groups -OCH3 is 1. The summed E-state index contributed by atoms with van der Waals surface area (Å²) < 4.78 is 20.6. The van der Waals surface area contributed by atoms with Crippen LogP contribution >= 0.6 is 11.8 Å². The lowest BCUT2D eigenvalue weighted by molar-refractivity contribution is 0.218. The first-order valence-corrected chi connectivity index (χ1v) is 8.09. The first-order valence-electron chi connectivity index (χ1n) is 7.11. The fourth-order valence-electron chi connectivity index (χ4n) is 2.27. The number of thioether (sulfide) groups is 1. The molecule has 0 aliphatic rings. The Balaban J connectivity index is 2.24. The van der Waals surface area contributed by atoms with E-state index in [1.807, 2.05) is 6.07 Å². The van der Waals surface area contributed by atoms with Gasteiger partial charge in [-0.15, -0.1) is 0 Å². The fourth-order valence-corrected chi connectivity index (χ4v) is 3.18. The highest BCUT2D eigenvalue weighted by molar-refractivity contribution is 7.99. The number of nitrogens with zero attached hydrogens (tertiary/aromatic N) is 2. The van der Waals surface area contributed by atoms with Crippen LogP contribution in [0.15, 0.2) is 58.5 Å². The van der Waals surface area contributed by atoms with Crippen LogP contribution in [0, 0.1) is 5.82 Å². The highest BCUT2D eigenvalue weighted by Gasteiger charge is 2.15. The van der Waals surface area contributed by atoms with E-state index < -0.39 is 5.82 Å². The molecule has 23 heavy (non-hydrogen) atoms. The summed E-state index contributed by atoms with van der Waals surface area (Å²) in [6.07, 6.45) is 0. The van der Waals surface area contributed by atoms with Gasteiger partial charge in [-0.2, -0.15) is 0 Å². The maximum atomic E-state index is 14.2. The largest absolute Gasteiger partial charge is 0.384 e. The van der Waals surface area contributed by atoms with E-state index in [-0.39, 0.29) is 11.2 Å². The lowest BCUT2D eigenvalue weighted by Crippen LogP contribution is -2.22. The summed E-state index contributed by atoms with van der Waals surface area (Å²) in [5.74, 6) is 0.163. The zero-order valence-corrected chi connectivity index (χ0v) is 13.3. The average Bonchev–Trinajstić information content (AvgIpc) is 2.57. The average molecular weight is 330 g/mol. The minimum absolute atomic E-state index is 0.204. The van der Waals surface area contributed by atoms with Crippen LogP contribution in [-0.4, -0.2) is 29.0 Å². The van der Waals surface area contributed by atoms with Crippen molar-refractivity contribution in [2.75, 3.05) is 19.5 Å². The van der Waals surface area contributed by atoms with Crippen LogP contribution in [0.4, 0.5) is 4.39 Å². The van der Waals surface area contributed by atoms with Crippen molar-refractivity contribution < 1.29 is 9.13 Å². The Labute approximate surface area is 136 Å². The van der Waals surface area contributed by atoms with Gasteiger partial charge in [0.2, 0.25) is 0 Å². The molecule has 0 saturated heterocycles. The highest BCUT2D eigenvalue weighted by atomic mass is 32.2. The molecule has 0 aliphatic carbocycles. The van der Waals surface area contributed by atoms with Gasteiger partial charge in [-0.3, -0.25) is 9.36 Å². The molecule has 2 aromatic carbocycles. The van der Waals surface area contributed by atoms with Crippen LogP contribution in [0.3, 0.4) is 0 Å². The summed E-state index contributed by atoms with van der Waals surface area (Å²) in [5, 5.41) is 0.919. The molecular weight excluding hydrogens is 315 g/mol. The van der Waals surface area contributed by atoms with E-state index in [0.717, 1.165) is 0 Å². The Bertz CT molecular complexity index is 895. The number of hydrogen-bond donors (Lipinski definition) is 0. The SMILES string of the molecule is COCCSc1nc2ccccc2c(=O)n1-c1ccccc1F. The molecule has 0 atom stereocenters. The van der Waals surface area contributed by atoms with Gasteiger partial charge in [0.25, 0.3) is 5.56 Å². The molecule has 0 radical (unpaired) electrons. The Hall–Kier alpha value is -2.18. The molecule has 118 valence electrons. The lowest BCUT2D eigenvalue weighted by atomic mass is 10.2. The Morgan fingerprint density at radius 3 is 2.70 bits per heavy atom. The fraction of sp³-hybridized carbons (Fsp3) is 0.176. The van der Waals surface area contributed by atoms with Crippen molar-refractivity contribution >= 4 is 22.7 Å². The quantitative estimate of drug-likeness (QED) is 0.409. The topological polar surface area (TPSA) is 44.1 Å². The lowest BCUT2D eigenvalue weighted by Gasteiger charge is -2.13. The Morgan fingerprint density at radius 2 is 1.91 bits per heavy atom. The molecule has 0 bridgehead atoms. The third-order valence-corrected chi connectivity index (χ3v) is 4.26. The zero-order chi connectivity index (χ0) is 16.2. The highest BCUT2D eigenvalue weighted by Crippen LogP contribution is 2.22. The standard InChI is InChI=1S/C17H15FN2O2S/c1-22-10-11-23-17-19-14-8-4-2-6-12(14)16(21)20(17)15-9-5-3-7-13(15)18/h2-9H,10-11H2,1H3. The van der Waals surface area contributed by atoms with Crippen LogP contribution in [0.25, 0.3) is 16.6 Å². The van der Waals surface area contributed by atoms with Crippen LogP contribution < -0.4 is 5.56 Å². The van der Waals surface area contributed by atoms with Crippen molar-refractivity contribution in [3.63, 3.8) is 0 Å². The van der Waals surface area contributed by atoms with Gasteiger partial charge in [0, 0.05) is 12.9 Å². The third-order valence-electron chi connectivity index (χ3n) is 3.36. The van der Waals surface area contributed by atoms with Crippen LogP contribution in [0.1, 0.15) is 0 Å². The van der Waals surface area contributed by atoms with Crippen molar-refractivity contribution in [1.82, 2.24) is 9.55 Å². The maximum Gasteiger partial charge on any atom is 0.266 e. The van der Waals surface area contributed by atoms with E-state index >= 15 is 0 Å². The molecule has 4 nitrogen and oxygen atoms in total. The molecule has 1 heterocycles. The predicted molar refractivity (Wildman–Crippen MR) is 89.9 cm³/mol. The second-order valence-electron chi connectivity index (χ2n) is 4.84. The first kappa shape index (κ1) is 15.7. The van der Waals surface area contributed by atoms with E-state index in [1.165, 1.54) is 22.4 Å². The second kappa shape index (κ2) is 6.93. The van der Waals surface area contributed by atoms with Gasteiger partial charge in [-0.1, -0.05) is 36.0 Å².